The smallest absolute Gasteiger partial charge is 0.237 e. The Morgan fingerprint density at radius 1 is 1.30 bits per heavy atom. The van der Waals surface area contributed by atoms with E-state index in [4.69, 9.17) is 0 Å². The number of rotatable bonds is 5. The highest BCUT2D eigenvalue weighted by Gasteiger charge is 2.25. The Morgan fingerprint density at radius 2 is 2.11 bits per heavy atom. The highest BCUT2D eigenvalue weighted by Crippen LogP contribution is 2.30. The van der Waals surface area contributed by atoms with E-state index in [0.29, 0.717) is 24.0 Å². The number of nitrogens with one attached hydrogen (secondary N) is 3. The molecule has 2 aromatic rings. The molecule has 27 heavy (non-hydrogen) atoms. The van der Waals surface area contributed by atoms with Crippen molar-refractivity contribution in [3.05, 3.63) is 40.4 Å². The highest BCUT2D eigenvalue weighted by molar-refractivity contribution is 5.71. The fourth-order valence-electron chi connectivity index (χ4n) is 3.79. The lowest BCUT2D eigenvalue weighted by molar-refractivity contribution is -0.786. The number of aromatic nitrogens is 2. The first-order chi connectivity index (χ1) is 13.1. The first kappa shape index (κ1) is 18.2. The number of quaternary nitrogens is 1. The van der Waals surface area contributed by atoms with Crippen LogP contribution in [0.2, 0.25) is 0 Å². The fraction of sp³-hybridized carbons (Fsp3) is 0.474. The summed E-state index contributed by atoms with van der Waals surface area (Å²) in [7, 11) is 0. The van der Waals surface area contributed by atoms with Gasteiger partial charge in [-0.1, -0.05) is 0 Å². The molecule has 144 valence electrons. The average Bonchev–Trinajstić information content (AvgIpc) is 3.16. The van der Waals surface area contributed by atoms with Crippen LogP contribution in [0.15, 0.2) is 18.2 Å². The quantitative estimate of drug-likeness (QED) is 0.684. The molecule has 2 aliphatic rings. The normalized spacial score (nSPS) is 19.9. The molecule has 3 N–H and O–H groups in total. The van der Waals surface area contributed by atoms with Crippen molar-refractivity contribution >= 4 is 11.8 Å². The van der Waals surface area contributed by atoms with E-state index in [1.165, 1.54) is 25.0 Å². The highest BCUT2D eigenvalue weighted by atomic mass is 19.1. The third-order valence-corrected chi connectivity index (χ3v) is 5.21. The van der Waals surface area contributed by atoms with Gasteiger partial charge in [-0.25, -0.2) is 9.37 Å². The van der Waals surface area contributed by atoms with E-state index < -0.39 is 0 Å². The van der Waals surface area contributed by atoms with E-state index in [9.17, 15) is 9.60 Å². The zero-order valence-corrected chi connectivity index (χ0v) is 15.5. The maximum Gasteiger partial charge on any atom is 0.237 e. The molecule has 1 aromatic carbocycles. The van der Waals surface area contributed by atoms with E-state index in [1.54, 1.807) is 6.07 Å². The van der Waals surface area contributed by atoms with Gasteiger partial charge in [0.15, 0.2) is 0 Å². The van der Waals surface area contributed by atoms with Gasteiger partial charge in [0, 0.05) is 25.2 Å². The molecule has 0 saturated carbocycles. The maximum atomic E-state index is 13.5. The molecular weight excluding hydrogens is 347 g/mol. The van der Waals surface area contributed by atoms with Crippen molar-refractivity contribution in [3.8, 4) is 11.3 Å². The van der Waals surface area contributed by atoms with Gasteiger partial charge in [-0.05, 0) is 56.6 Å². The summed E-state index contributed by atoms with van der Waals surface area (Å²) in [4.78, 5) is 11.6. The number of nitrogens with zero attached hydrogens (tertiary/aromatic N) is 3. The summed E-state index contributed by atoms with van der Waals surface area (Å²) < 4.78 is 13.5. The summed E-state index contributed by atoms with van der Waals surface area (Å²) in [6.45, 7) is 6.59. The van der Waals surface area contributed by atoms with Crippen LogP contribution in [0, 0.1) is 17.9 Å². The van der Waals surface area contributed by atoms with Crippen LogP contribution in [0.4, 0.5) is 16.2 Å². The second-order valence-electron chi connectivity index (χ2n) is 7.18. The molecule has 0 aliphatic carbocycles. The minimum absolute atomic E-state index is 0.0396. The molecule has 8 heteroatoms. The number of benzene rings is 1. The van der Waals surface area contributed by atoms with Crippen LogP contribution < -0.4 is 15.7 Å². The Balaban J connectivity index is 1.65. The number of hydroxylamine groups is 1. The Bertz CT molecular complexity index is 824. The Kier molecular flexibility index (Phi) is 5.31. The van der Waals surface area contributed by atoms with Crippen LogP contribution in [-0.4, -0.2) is 47.7 Å². The number of hydrogen-bond acceptors (Lipinski definition) is 6. The molecule has 0 radical (unpaired) electrons. The van der Waals surface area contributed by atoms with Gasteiger partial charge in [0.1, 0.15) is 12.5 Å². The number of anilines is 1. The van der Waals surface area contributed by atoms with Crippen LogP contribution in [0.25, 0.3) is 11.3 Å². The molecule has 0 amide bonds. The van der Waals surface area contributed by atoms with E-state index in [0.717, 1.165) is 42.9 Å². The predicted octanol–water partition coefficient (Wildman–Crippen LogP) is 1.17. The predicted molar refractivity (Wildman–Crippen MR) is 102 cm³/mol. The summed E-state index contributed by atoms with van der Waals surface area (Å²) in [5.41, 5.74) is 3.10. The fourth-order valence-corrected chi connectivity index (χ4v) is 3.79. The molecule has 3 heterocycles. The van der Waals surface area contributed by atoms with Crippen molar-refractivity contribution in [2.75, 3.05) is 38.2 Å². The molecule has 0 spiro atoms. The maximum absolute atomic E-state index is 13.5. The lowest BCUT2D eigenvalue weighted by Gasteiger charge is -2.29. The van der Waals surface area contributed by atoms with E-state index in [2.05, 4.69) is 25.5 Å². The van der Waals surface area contributed by atoms with Gasteiger partial charge in [-0.15, -0.1) is 0 Å². The largest absolute Gasteiger partial charge is 0.627 e. The monoisotopic (exact) mass is 372 g/mol. The van der Waals surface area contributed by atoms with Crippen LogP contribution >= 0.6 is 0 Å². The van der Waals surface area contributed by atoms with Gasteiger partial charge in [-0.3, -0.25) is 5.32 Å². The molecule has 1 saturated heterocycles. The van der Waals surface area contributed by atoms with Gasteiger partial charge >= 0.3 is 0 Å². The van der Waals surface area contributed by atoms with Crippen molar-refractivity contribution in [2.24, 2.45) is 0 Å². The molecule has 1 fully saturated rings. The average molecular weight is 372 g/mol. The van der Waals surface area contributed by atoms with Crippen LogP contribution in [0.1, 0.15) is 24.0 Å². The topological polar surface area (TPSA) is 80.6 Å². The van der Waals surface area contributed by atoms with Crippen molar-refractivity contribution in [3.63, 3.8) is 0 Å². The number of halogens is 1. The standard InChI is InChI=1S/C19H25FN6O/c1-13-10-14(20)4-5-15(13)17-16-11-21-12-26(27)18(16)24-19(23-17)22-6-9-25-7-2-3-8-25/h4-5,10,21,26H,2-3,6-9,11-12H2,1H3,(H,22,23,24). The molecule has 2 aliphatic heterocycles. The Hall–Kier alpha value is -2.13. The van der Waals surface area contributed by atoms with Crippen molar-refractivity contribution in [1.29, 1.82) is 0 Å². The van der Waals surface area contributed by atoms with Gasteiger partial charge in [0.05, 0.1) is 11.3 Å². The van der Waals surface area contributed by atoms with Crippen LogP contribution in [0.3, 0.4) is 0 Å². The minimum atomic E-state index is -0.280. The second-order valence-corrected chi connectivity index (χ2v) is 7.18. The lowest BCUT2D eigenvalue weighted by atomic mass is 10.0. The summed E-state index contributed by atoms with van der Waals surface area (Å²) in [5, 5.41) is 18.7. The number of aryl methyl sites for hydroxylation is 1. The first-order valence-corrected chi connectivity index (χ1v) is 9.49. The van der Waals surface area contributed by atoms with Crippen molar-refractivity contribution < 1.29 is 9.45 Å². The van der Waals surface area contributed by atoms with Crippen molar-refractivity contribution in [1.82, 2.24) is 20.2 Å². The molecule has 4 rings (SSSR count). The summed E-state index contributed by atoms with van der Waals surface area (Å²) in [5.74, 6) is 0.644. The zero-order chi connectivity index (χ0) is 18.8. The SMILES string of the molecule is Cc1cc(F)ccc1-c1nc(NCCN2CCCC2)nc2c1CNC[NH+]2[O-]. The molecule has 1 aromatic heterocycles. The Labute approximate surface area is 158 Å². The second kappa shape index (κ2) is 7.85. The third-order valence-electron chi connectivity index (χ3n) is 5.21. The summed E-state index contributed by atoms with van der Waals surface area (Å²) in [6.07, 6.45) is 2.51. The van der Waals surface area contributed by atoms with E-state index in [-0.39, 0.29) is 17.5 Å². The number of hydrogen-bond donors (Lipinski definition) is 3. The Morgan fingerprint density at radius 3 is 2.89 bits per heavy atom. The van der Waals surface area contributed by atoms with E-state index in [1.807, 2.05) is 6.92 Å². The molecular formula is C19H25FN6O. The third kappa shape index (κ3) is 3.93. The minimum Gasteiger partial charge on any atom is -0.627 e. The van der Waals surface area contributed by atoms with Gasteiger partial charge in [0.2, 0.25) is 11.8 Å². The van der Waals surface area contributed by atoms with Crippen LogP contribution in [-0.2, 0) is 6.54 Å². The molecule has 1 atom stereocenters. The van der Waals surface area contributed by atoms with Gasteiger partial charge in [-0.2, -0.15) is 4.98 Å². The zero-order valence-electron chi connectivity index (χ0n) is 15.5. The molecule has 1 unspecified atom stereocenters. The number of fused-ring (bicyclic) bond motifs is 1. The van der Waals surface area contributed by atoms with Gasteiger partial charge in [0.25, 0.3) is 0 Å². The first-order valence-electron chi connectivity index (χ1n) is 9.49. The van der Waals surface area contributed by atoms with Crippen LogP contribution in [0.5, 0.6) is 0 Å². The molecule has 0 bridgehead atoms. The molecule has 7 nitrogen and oxygen atoms in total. The summed E-state index contributed by atoms with van der Waals surface area (Å²) in [6, 6.07) is 4.64. The lowest BCUT2D eigenvalue weighted by Crippen LogP contribution is -3.05. The van der Waals surface area contributed by atoms with Crippen molar-refractivity contribution in [2.45, 2.75) is 26.3 Å². The number of likely N-dealkylation sites (tertiary alicyclic amines) is 1. The summed E-state index contributed by atoms with van der Waals surface area (Å²) >= 11 is 0. The van der Waals surface area contributed by atoms with Gasteiger partial charge < -0.3 is 20.5 Å². The van der Waals surface area contributed by atoms with E-state index >= 15 is 0 Å².